The van der Waals surface area contributed by atoms with Gasteiger partial charge in [-0.15, -0.1) is 12.6 Å². The molecular formula is C10H23NOS. The highest BCUT2D eigenvalue weighted by Gasteiger charge is 2.10. The van der Waals surface area contributed by atoms with Crippen LogP contribution in [0.2, 0.25) is 0 Å². The number of nitrogens with two attached hydrogens (primary N) is 1. The quantitative estimate of drug-likeness (QED) is 0.516. The van der Waals surface area contributed by atoms with E-state index in [1.54, 1.807) is 0 Å². The number of rotatable bonds is 6. The summed E-state index contributed by atoms with van der Waals surface area (Å²) >= 11 is 3.98. The molecule has 13 heavy (non-hydrogen) atoms. The molecule has 0 radical (unpaired) electrons. The van der Waals surface area contributed by atoms with E-state index in [-0.39, 0.29) is 6.10 Å². The third-order valence-corrected chi connectivity index (χ3v) is 2.66. The molecule has 80 valence electrons. The third-order valence-electron chi connectivity index (χ3n) is 2.54. The molecule has 0 fully saturated rings. The number of hydrogen-bond donors (Lipinski definition) is 2. The summed E-state index contributed by atoms with van der Waals surface area (Å²) in [6, 6.07) is 0. The van der Waals surface area contributed by atoms with Crippen molar-refractivity contribution in [2.24, 2.45) is 17.6 Å². The average molecular weight is 205 g/mol. The SMILES string of the molecule is CC(CCC(C)C(C)C)OC(N)S. The largest absolute Gasteiger partial charge is 0.351 e. The lowest BCUT2D eigenvalue weighted by atomic mass is 9.92. The van der Waals surface area contributed by atoms with Crippen LogP contribution in [0.3, 0.4) is 0 Å². The minimum atomic E-state index is -0.440. The molecular weight excluding hydrogens is 182 g/mol. The second-order valence-electron chi connectivity index (χ2n) is 4.14. The van der Waals surface area contributed by atoms with Crippen molar-refractivity contribution in [2.75, 3.05) is 0 Å². The second-order valence-corrected chi connectivity index (χ2v) is 4.64. The van der Waals surface area contributed by atoms with Gasteiger partial charge in [0.15, 0.2) is 5.56 Å². The fraction of sp³-hybridized carbons (Fsp3) is 1.00. The van der Waals surface area contributed by atoms with Crippen LogP contribution < -0.4 is 5.73 Å². The molecule has 0 spiro atoms. The van der Waals surface area contributed by atoms with Crippen molar-refractivity contribution >= 4 is 12.6 Å². The Hall–Kier alpha value is 0.270. The Kier molecular flexibility index (Phi) is 6.82. The van der Waals surface area contributed by atoms with E-state index in [9.17, 15) is 0 Å². The van der Waals surface area contributed by atoms with Gasteiger partial charge < -0.3 is 4.74 Å². The first-order valence-corrected chi connectivity index (χ1v) is 5.54. The highest BCUT2D eigenvalue weighted by atomic mass is 32.1. The zero-order valence-corrected chi connectivity index (χ0v) is 10.1. The van der Waals surface area contributed by atoms with Gasteiger partial charge in [-0.1, -0.05) is 20.8 Å². The molecule has 0 saturated heterocycles. The fourth-order valence-electron chi connectivity index (χ4n) is 1.14. The standard InChI is InChI=1S/C10H23NOS/c1-7(2)8(3)5-6-9(4)12-10(11)13/h7-10,13H,5-6,11H2,1-4H3. The fourth-order valence-corrected chi connectivity index (χ4v) is 1.34. The molecule has 0 aliphatic rings. The highest BCUT2D eigenvalue weighted by molar-refractivity contribution is 7.80. The van der Waals surface area contributed by atoms with Crippen LogP contribution >= 0.6 is 12.6 Å². The monoisotopic (exact) mass is 205 g/mol. The summed E-state index contributed by atoms with van der Waals surface area (Å²) in [7, 11) is 0. The van der Waals surface area contributed by atoms with Gasteiger partial charge in [0.05, 0.1) is 6.10 Å². The lowest BCUT2D eigenvalue weighted by molar-refractivity contribution is 0.0413. The summed E-state index contributed by atoms with van der Waals surface area (Å²) in [5.41, 5.74) is 4.96. The lowest BCUT2D eigenvalue weighted by Crippen LogP contribution is -2.23. The molecule has 0 aromatic carbocycles. The molecule has 0 rings (SSSR count). The summed E-state index contributed by atoms with van der Waals surface area (Å²) in [5.74, 6) is 1.50. The molecule has 2 nitrogen and oxygen atoms in total. The summed E-state index contributed by atoms with van der Waals surface area (Å²) < 4.78 is 5.32. The van der Waals surface area contributed by atoms with Crippen molar-refractivity contribution in [2.45, 2.75) is 52.2 Å². The van der Waals surface area contributed by atoms with Crippen LogP contribution in [0.15, 0.2) is 0 Å². The summed E-state index contributed by atoms with van der Waals surface area (Å²) in [4.78, 5) is 0. The topological polar surface area (TPSA) is 35.2 Å². The van der Waals surface area contributed by atoms with Crippen LogP contribution in [0, 0.1) is 11.8 Å². The van der Waals surface area contributed by atoms with Crippen LogP contribution in [-0.4, -0.2) is 11.7 Å². The van der Waals surface area contributed by atoms with E-state index < -0.39 is 5.56 Å². The van der Waals surface area contributed by atoms with Crippen molar-refractivity contribution in [3.05, 3.63) is 0 Å². The van der Waals surface area contributed by atoms with E-state index in [1.807, 2.05) is 6.92 Å². The van der Waals surface area contributed by atoms with E-state index in [0.29, 0.717) is 0 Å². The van der Waals surface area contributed by atoms with E-state index in [2.05, 4.69) is 33.4 Å². The molecule has 3 unspecified atom stereocenters. The third kappa shape index (κ3) is 7.35. The molecule has 0 aromatic heterocycles. The van der Waals surface area contributed by atoms with Gasteiger partial charge in [0.1, 0.15) is 0 Å². The van der Waals surface area contributed by atoms with E-state index >= 15 is 0 Å². The summed E-state index contributed by atoms with van der Waals surface area (Å²) in [6.45, 7) is 8.82. The zero-order chi connectivity index (χ0) is 10.4. The van der Waals surface area contributed by atoms with Gasteiger partial charge in [-0.25, -0.2) is 0 Å². The minimum absolute atomic E-state index is 0.216. The van der Waals surface area contributed by atoms with Gasteiger partial charge in [-0.05, 0) is 31.6 Å². The number of ether oxygens (including phenoxy) is 1. The maximum atomic E-state index is 5.40. The number of hydrogen-bond acceptors (Lipinski definition) is 3. The molecule has 0 heterocycles. The van der Waals surface area contributed by atoms with Gasteiger partial charge in [0, 0.05) is 0 Å². The first-order chi connectivity index (χ1) is 5.93. The molecule has 2 N–H and O–H groups in total. The van der Waals surface area contributed by atoms with Crippen molar-refractivity contribution in [1.82, 2.24) is 0 Å². The molecule has 3 atom stereocenters. The van der Waals surface area contributed by atoms with E-state index in [0.717, 1.165) is 18.3 Å². The second kappa shape index (κ2) is 6.68. The van der Waals surface area contributed by atoms with E-state index in [1.165, 1.54) is 6.42 Å². The first kappa shape index (κ1) is 13.3. The van der Waals surface area contributed by atoms with Crippen molar-refractivity contribution < 1.29 is 4.74 Å². The van der Waals surface area contributed by atoms with Gasteiger partial charge in [-0.3, -0.25) is 5.73 Å². The molecule has 0 saturated carbocycles. The maximum absolute atomic E-state index is 5.40. The molecule has 3 heteroatoms. The molecule has 0 aliphatic heterocycles. The Morgan fingerprint density at radius 1 is 1.15 bits per heavy atom. The van der Waals surface area contributed by atoms with Crippen LogP contribution in [0.4, 0.5) is 0 Å². The van der Waals surface area contributed by atoms with Gasteiger partial charge in [0.2, 0.25) is 0 Å². The van der Waals surface area contributed by atoms with Crippen LogP contribution in [0.5, 0.6) is 0 Å². The van der Waals surface area contributed by atoms with Crippen LogP contribution in [0.1, 0.15) is 40.5 Å². The Balaban J connectivity index is 3.51. The Morgan fingerprint density at radius 2 is 1.69 bits per heavy atom. The zero-order valence-electron chi connectivity index (χ0n) is 9.16. The van der Waals surface area contributed by atoms with Gasteiger partial charge >= 0.3 is 0 Å². The van der Waals surface area contributed by atoms with Gasteiger partial charge in [0.25, 0.3) is 0 Å². The van der Waals surface area contributed by atoms with Crippen molar-refractivity contribution in [3.63, 3.8) is 0 Å². The molecule has 0 aliphatic carbocycles. The molecule has 0 amide bonds. The Morgan fingerprint density at radius 3 is 2.08 bits per heavy atom. The average Bonchev–Trinajstić information content (AvgIpc) is 1.98. The Labute approximate surface area is 87.6 Å². The normalized spacial score (nSPS) is 18.7. The number of thiol groups is 1. The smallest absolute Gasteiger partial charge is 0.151 e. The summed E-state index contributed by atoms with van der Waals surface area (Å²) in [5, 5.41) is 0. The molecule has 0 aromatic rings. The van der Waals surface area contributed by atoms with Gasteiger partial charge in [-0.2, -0.15) is 0 Å². The lowest BCUT2D eigenvalue weighted by Gasteiger charge is -2.19. The highest BCUT2D eigenvalue weighted by Crippen LogP contribution is 2.18. The predicted octanol–water partition coefficient (Wildman–Crippen LogP) is 2.64. The van der Waals surface area contributed by atoms with Crippen LogP contribution in [-0.2, 0) is 4.74 Å². The summed E-state index contributed by atoms with van der Waals surface area (Å²) in [6.07, 6.45) is 2.47. The molecule has 0 bridgehead atoms. The van der Waals surface area contributed by atoms with Crippen LogP contribution in [0.25, 0.3) is 0 Å². The minimum Gasteiger partial charge on any atom is -0.351 e. The predicted molar refractivity (Wildman–Crippen MR) is 60.7 cm³/mol. The van der Waals surface area contributed by atoms with Crippen molar-refractivity contribution in [1.29, 1.82) is 0 Å². The maximum Gasteiger partial charge on any atom is 0.151 e. The first-order valence-electron chi connectivity index (χ1n) is 5.02. The Bertz CT molecular complexity index is 128. The van der Waals surface area contributed by atoms with Crippen molar-refractivity contribution in [3.8, 4) is 0 Å². The van der Waals surface area contributed by atoms with E-state index in [4.69, 9.17) is 10.5 Å².